The second-order valence-corrected chi connectivity index (χ2v) is 5.89. The normalized spacial score (nSPS) is 25.5. The van der Waals surface area contributed by atoms with Crippen LogP contribution in [0.1, 0.15) is 51.9 Å². The van der Waals surface area contributed by atoms with Crippen LogP contribution in [0.15, 0.2) is 35.1 Å². The van der Waals surface area contributed by atoms with E-state index in [1.54, 1.807) is 0 Å². The Hall–Kier alpha value is -1.31. The quantitative estimate of drug-likeness (QED) is 0.698. The third kappa shape index (κ3) is 2.29. The van der Waals surface area contributed by atoms with Crippen LogP contribution in [0.2, 0.25) is 0 Å². The lowest BCUT2D eigenvalue weighted by molar-refractivity contribution is -0.124. The third-order valence-electron chi connectivity index (χ3n) is 4.62. The van der Waals surface area contributed by atoms with E-state index in [9.17, 15) is 4.79 Å². The number of unbranched alkanes of at least 4 members (excludes halogenated alkanes) is 2. The first-order valence-electron chi connectivity index (χ1n) is 7.74. The number of carbonyl (C=O) groups excluding carboxylic acids is 1. The van der Waals surface area contributed by atoms with Gasteiger partial charge in [-0.25, -0.2) is 0 Å². The van der Waals surface area contributed by atoms with Crippen molar-refractivity contribution in [2.75, 3.05) is 6.54 Å². The van der Waals surface area contributed by atoms with Gasteiger partial charge >= 0.3 is 0 Å². The van der Waals surface area contributed by atoms with E-state index < -0.39 is 0 Å². The van der Waals surface area contributed by atoms with Crippen molar-refractivity contribution in [2.24, 2.45) is 5.92 Å². The molecule has 0 spiro atoms. The summed E-state index contributed by atoms with van der Waals surface area (Å²) in [5.41, 5.74) is 3.82. The molecule has 19 heavy (non-hydrogen) atoms. The molecule has 1 aliphatic heterocycles. The van der Waals surface area contributed by atoms with E-state index >= 15 is 0 Å². The van der Waals surface area contributed by atoms with Gasteiger partial charge in [0.2, 0.25) is 0 Å². The second kappa shape index (κ2) is 5.36. The molecule has 0 aromatic heterocycles. The molecule has 0 radical (unpaired) electrons. The molecular formula is C17H23NO. The molecule has 2 aliphatic carbocycles. The molecule has 1 unspecified atom stereocenters. The van der Waals surface area contributed by atoms with Gasteiger partial charge in [-0.1, -0.05) is 25.8 Å². The Balaban J connectivity index is 1.85. The number of hydrogen-bond acceptors (Lipinski definition) is 1. The maximum Gasteiger partial charge on any atom is 0.254 e. The number of nitrogens with zero attached hydrogens (tertiary/aromatic N) is 1. The topological polar surface area (TPSA) is 20.3 Å². The van der Waals surface area contributed by atoms with Crippen molar-refractivity contribution >= 4 is 5.91 Å². The Labute approximate surface area is 115 Å². The first kappa shape index (κ1) is 12.7. The molecule has 2 heteroatoms. The average molecular weight is 257 g/mol. The highest BCUT2D eigenvalue weighted by molar-refractivity contribution is 5.97. The van der Waals surface area contributed by atoms with Gasteiger partial charge in [-0.2, -0.15) is 0 Å². The average Bonchev–Trinajstić information content (AvgIpc) is 2.80. The molecule has 0 fully saturated rings. The van der Waals surface area contributed by atoms with Gasteiger partial charge in [0.05, 0.1) is 0 Å². The highest BCUT2D eigenvalue weighted by Gasteiger charge is 2.34. The van der Waals surface area contributed by atoms with Crippen LogP contribution in [-0.2, 0) is 4.79 Å². The van der Waals surface area contributed by atoms with Crippen molar-refractivity contribution in [3.8, 4) is 0 Å². The molecule has 1 atom stereocenters. The Bertz CT molecular complexity index is 470. The van der Waals surface area contributed by atoms with Gasteiger partial charge in [0.15, 0.2) is 0 Å². The van der Waals surface area contributed by atoms with E-state index in [0.717, 1.165) is 25.0 Å². The molecule has 0 aromatic carbocycles. The molecule has 3 rings (SSSR count). The van der Waals surface area contributed by atoms with Crippen LogP contribution in [0.4, 0.5) is 0 Å². The maximum atomic E-state index is 12.6. The SMILES string of the molecule is CCCCCN1C=CC2=CCCC3CCC(=C23)C1=O. The molecule has 0 saturated heterocycles. The van der Waals surface area contributed by atoms with Crippen LogP contribution in [-0.4, -0.2) is 17.4 Å². The highest BCUT2D eigenvalue weighted by atomic mass is 16.2. The van der Waals surface area contributed by atoms with Gasteiger partial charge < -0.3 is 4.90 Å². The Kier molecular flexibility index (Phi) is 3.58. The molecular weight excluding hydrogens is 234 g/mol. The minimum Gasteiger partial charge on any atom is -0.315 e. The van der Waals surface area contributed by atoms with Crippen molar-refractivity contribution in [1.82, 2.24) is 4.90 Å². The fourth-order valence-electron chi connectivity index (χ4n) is 3.59. The summed E-state index contributed by atoms with van der Waals surface area (Å²) >= 11 is 0. The lowest BCUT2D eigenvalue weighted by Gasteiger charge is -2.20. The van der Waals surface area contributed by atoms with Crippen molar-refractivity contribution < 1.29 is 4.79 Å². The van der Waals surface area contributed by atoms with Crippen LogP contribution < -0.4 is 0 Å². The molecule has 0 N–H and O–H groups in total. The van der Waals surface area contributed by atoms with Gasteiger partial charge in [0.1, 0.15) is 0 Å². The van der Waals surface area contributed by atoms with Crippen LogP contribution >= 0.6 is 0 Å². The number of hydrogen-bond donors (Lipinski definition) is 0. The summed E-state index contributed by atoms with van der Waals surface area (Å²) in [6, 6.07) is 0. The van der Waals surface area contributed by atoms with Gasteiger partial charge in [-0.05, 0) is 55.2 Å². The number of rotatable bonds is 4. The van der Waals surface area contributed by atoms with Crippen molar-refractivity contribution in [3.63, 3.8) is 0 Å². The zero-order valence-electron chi connectivity index (χ0n) is 11.8. The van der Waals surface area contributed by atoms with Gasteiger partial charge in [-0.3, -0.25) is 4.79 Å². The Morgan fingerprint density at radius 3 is 3.05 bits per heavy atom. The fraction of sp³-hybridized carbons (Fsp3) is 0.588. The zero-order chi connectivity index (χ0) is 13.2. The largest absolute Gasteiger partial charge is 0.315 e. The molecule has 0 aromatic rings. The smallest absolute Gasteiger partial charge is 0.254 e. The minimum absolute atomic E-state index is 0.273. The van der Waals surface area contributed by atoms with Crippen LogP contribution in [0.3, 0.4) is 0 Å². The van der Waals surface area contributed by atoms with Crippen molar-refractivity contribution in [1.29, 1.82) is 0 Å². The van der Waals surface area contributed by atoms with Crippen LogP contribution in [0.25, 0.3) is 0 Å². The summed E-state index contributed by atoms with van der Waals surface area (Å²) < 4.78 is 0. The molecule has 2 nitrogen and oxygen atoms in total. The van der Waals surface area contributed by atoms with Crippen LogP contribution in [0.5, 0.6) is 0 Å². The summed E-state index contributed by atoms with van der Waals surface area (Å²) in [5, 5.41) is 0. The summed E-state index contributed by atoms with van der Waals surface area (Å²) in [5.74, 6) is 0.925. The van der Waals surface area contributed by atoms with E-state index in [2.05, 4.69) is 19.1 Å². The monoisotopic (exact) mass is 257 g/mol. The summed E-state index contributed by atoms with van der Waals surface area (Å²) in [7, 11) is 0. The second-order valence-electron chi connectivity index (χ2n) is 5.89. The maximum absolute atomic E-state index is 12.6. The first-order valence-corrected chi connectivity index (χ1v) is 7.74. The van der Waals surface area contributed by atoms with E-state index in [0.29, 0.717) is 5.92 Å². The van der Waals surface area contributed by atoms with E-state index in [1.807, 2.05) is 11.1 Å². The minimum atomic E-state index is 0.273. The Morgan fingerprint density at radius 2 is 2.21 bits per heavy atom. The summed E-state index contributed by atoms with van der Waals surface area (Å²) in [6.07, 6.45) is 14.6. The molecule has 0 saturated carbocycles. The number of allylic oxidation sites excluding steroid dienone is 4. The summed E-state index contributed by atoms with van der Waals surface area (Å²) in [6.45, 7) is 3.07. The number of amides is 1. The zero-order valence-corrected chi connectivity index (χ0v) is 11.8. The van der Waals surface area contributed by atoms with Crippen molar-refractivity contribution in [3.05, 3.63) is 35.1 Å². The highest BCUT2D eigenvalue weighted by Crippen LogP contribution is 2.44. The van der Waals surface area contributed by atoms with E-state index in [4.69, 9.17) is 0 Å². The van der Waals surface area contributed by atoms with E-state index in [-0.39, 0.29) is 5.91 Å². The molecule has 0 bridgehead atoms. The third-order valence-corrected chi connectivity index (χ3v) is 4.62. The summed E-state index contributed by atoms with van der Waals surface area (Å²) in [4.78, 5) is 14.6. The molecule has 1 heterocycles. The molecule has 3 aliphatic rings. The Morgan fingerprint density at radius 1 is 1.32 bits per heavy atom. The van der Waals surface area contributed by atoms with Gasteiger partial charge in [0, 0.05) is 18.3 Å². The lowest BCUT2D eigenvalue weighted by Crippen LogP contribution is -2.27. The first-order chi connectivity index (χ1) is 9.31. The molecule has 1 amide bonds. The number of carbonyl (C=O) groups is 1. The van der Waals surface area contributed by atoms with Crippen molar-refractivity contribution in [2.45, 2.75) is 51.9 Å². The lowest BCUT2D eigenvalue weighted by atomic mass is 9.84. The van der Waals surface area contributed by atoms with E-state index in [1.165, 1.54) is 43.3 Å². The molecule has 102 valence electrons. The fourth-order valence-corrected chi connectivity index (χ4v) is 3.59. The predicted molar refractivity (Wildman–Crippen MR) is 77.4 cm³/mol. The van der Waals surface area contributed by atoms with Crippen LogP contribution in [0, 0.1) is 5.92 Å². The predicted octanol–water partition coefficient (Wildman–Crippen LogP) is 3.96. The van der Waals surface area contributed by atoms with Gasteiger partial charge in [0.25, 0.3) is 5.91 Å². The standard InChI is InChI=1S/C17H23NO/c1-2-3-4-11-18-12-10-14-7-5-6-13-8-9-15(16(13)14)17(18)19/h7,10,12-13H,2-6,8-9,11H2,1H3. The van der Waals surface area contributed by atoms with Gasteiger partial charge in [-0.15, -0.1) is 0 Å².